The van der Waals surface area contributed by atoms with E-state index >= 15 is 0 Å². The Hall–Kier alpha value is -2.41. The van der Waals surface area contributed by atoms with Crippen molar-refractivity contribution in [1.82, 2.24) is 10.2 Å². The molecule has 0 radical (unpaired) electrons. The molecule has 0 amide bonds. The van der Waals surface area contributed by atoms with Gasteiger partial charge in [0, 0.05) is 17.0 Å². The van der Waals surface area contributed by atoms with Gasteiger partial charge in [-0.05, 0) is 32.0 Å². The van der Waals surface area contributed by atoms with Crippen LogP contribution >= 0.6 is 0 Å². The average molecular weight is 304 g/mol. The van der Waals surface area contributed by atoms with Crippen molar-refractivity contribution in [2.24, 2.45) is 0 Å². The second-order valence-corrected chi connectivity index (χ2v) is 6.57. The van der Waals surface area contributed by atoms with Crippen molar-refractivity contribution in [1.29, 1.82) is 0 Å². The minimum atomic E-state index is -3.91. The molecule has 0 aliphatic carbocycles. The fourth-order valence-electron chi connectivity index (χ4n) is 2.14. The molecule has 6 nitrogen and oxygen atoms in total. The molecule has 2 aromatic heterocycles. The molecule has 3 rings (SSSR count). The van der Waals surface area contributed by atoms with Gasteiger partial charge in [-0.15, -0.1) is 0 Å². The fraction of sp³-hybridized carbons (Fsp3) is 0.143. The zero-order valence-electron chi connectivity index (χ0n) is 11.4. The Balaban J connectivity index is 2.26. The average Bonchev–Trinajstić information content (AvgIpc) is 2.77. The minimum absolute atomic E-state index is 0.150. The van der Waals surface area contributed by atoms with Crippen LogP contribution in [0, 0.1) is 13.8 Å². The van der Waals surface area contributed by atoms with Crippen molar-refractivity contribution in [3.05, 3.63) is 51.8 Å². The summed E-state index contributed by atoms with van der Waals surface area (Å²) >= 11 is 0. The maximum Gasteiger partial charge on any atom is 0.264 e. The molecule has 1 N–H and O–H groups in total. The molecule has 0 saturated carbocycles. The van der Waals surface area contributed by atoms with Crippen LogP contribution in [-0.4, -0.2) is 18.6 Å². The normalized spacial score (nSPS) is 11.9. The quantitative estimate of drug-likeness (QED) is 0.781. The highest BCUT2D eigenvalue weighted by Crippen LogP contribution is 2.31. The lowest BCUT2D eigenvalue weighted by atomic mass is 10.1. The number of benzene rings is 1. The smallest absolute Gasteiger partial charge is 0.264 e. The summed E-state index contributed by atoms with van der Waals surface area (Å²) in [6.07, 6.45) is 0. The van der Waals surface area contributed by atoms with Gasteiger partial charge >= 0.3 is 0 Å². The summed E-state index contributed by atoms with van der Waals surface area (Å²) in [5.41, 5.74) is 1.58. The van der Waals surface area contributed by atoms with Crippen LogP contribution in [0.15, 0.2) is 49.7 Å². The highest BCUT2D eigenvalue weighted by molar-refractivity contribution is 7.91. The second-order valence-electron chi connectivity index (χ2n) is 4.78. The van der Waals surface area contributed by atoms with Gasteiger partial charge in [-0.3, -0.25) is 4.79 Å². The monoisotopic (exact) mass is 304 g/mol. The van der Waals surface area contributed by atoms with Crippen LogP contribution in [0.2, 0.25) is 0 Å². The number of aromatic amines is 1. The number of fused-ring (bicyclic) bond motifs is 1. The molecule has 0 atom stereocenters. The molecule has 3 aromatic rings. The van der Waals surface area contributed by atoms with Crippen molar-refractivity contribution in [3.63, 3.8) is 0 Å². The molecule has 21 heavy (non-hydrogen) atoms. The van der Waals surface area contributed by atoms with E-state index in [-0.39, 0.29) is 10.1 Å². The number of hydrogen-bond acceptors (Lipinski definition) is 5. The van der Waals surface area contributed by atoms with Crippen molar-refractivity contribution < 1.29 is 12.8 Å². The third kappa shape index (κ3) is 2.15. The number of H-pyrrole nitrogens is 1. The van der Waals surface area contributed by atoms with Crippen molar-refractivity contribution >= 4 is 20.8 Å². The molecule has 0 bridgehead atoms. The summed E-state index contributed by atoms with van der Waals surface area (Å²) in [4.78, 5) is 11.0. The first-order valence-electron chi connectivity index (χ1n) is 6.20. The van der Waals surface area contributed by atoms with Gasteiger partial charge in [0.05, 0.1) is 0 Å². The van der Waals surface area contributed by atoms with Gasteiger partial charge in [0.1, 0.15) is 5.58 Å². The summed E-state index contributed by atoms with van der Waals surface area (Å²) in [6.45, 7) is 3.60. The van der Waals surface area contributed by atoms with Crippen LogP contribution < -0.4 is 5.56 Å². The molecule has 0 spiro atoms. The maximum atomic E-state index is 12.5. The largest absolute Gasteiger partial charge is 0.444 e. The van der Waals surface area contributed by atoms with Crippen LogP contribution in [0.25, 0.3) is 11.0 Å². The van der Waals surface area contributed by atoms with E-state index in [0.29, 0.717) is 11.1 Å². The predicted octanol–water partition coefficient (Wildman–Crippen LogP) is 1.97. The van der Waals surface area contributed by atoms with Crippen LogP contribution in [0.5, 0.6) is 0 Å². The predicted molar refractivity (Wildman–Crippen MR) is 76.0 cm³/mol. The number of furan rings is 1. The third-order valence-corrected chi connectivity index (χ3v) is 4.88. The number of sulfone groups is 1. The maximum absolute atomic E-state index is 12.5. The topological polar surface area (TPSA) is 93.0 Å². The van der Waals surface area contributed by atoms with E-state index in [9.17, 15) is 13.2 Å². The van der Waals surface area contributed by atoms with Crippen LogP contribution in [0.3, 0.4) is 0 Å². The standard InChI is InChI=1S/C14H12N2O4S/c1-8-3-4-11-10(7-8)9(2)14(20-11)21(18,19)13-6-5-12(17)15-16-13/h3-7H,1-2H3,(H,15,17). The first kappa shape index (κ1) is 13.6. The van der Waals surface area contributed by atoms with Gasteiger partial charge in [-0.2, -0.15) is 5.10 Å². The Labute approximate surface area is 120 Å². The highest BCUT2D eigenvalue weighted by Gasteiger charge is 2.27. The van der Waals surface area contributed by atoms with Gasteiger partial charge in [-0.25, -0.2) is 13.5 Å². The van der Waals surface area contributed by atoms with Gasteiger partial charge in [-0.1, -0.05) is 11.6 Å². The Morgan fingerprint density at radius 3 is 2.57 bits per heavy atom. The van der Waals surface area contributed by atoms with Crippen molar-refractivity contribution in [2.75, 3.05) is 0 Å². The Morgan fingerprint density at radius 2 is 1.90 bits per heavy atom. The van der Waals surface area contributed by atoms with E-state index in [4.69, 9.17) is 4.42 Å². The second kappa shape index (κ2) is 4.56. The van der Waals surface area contributed by atoms with E-state index in [1.807, 2.05) is 19.1 Å². The molecule has 0 aliphatic heterocycles. The highest BCUT2D eigenvalue weighted by atomic mass is 32.2. The summed E-state index contributed by atoms with van der Waals surface area (Å²) in [5, 5.41) is 6.03. The fourth-order valence-corrected chi connectivity index (χ4v) is 3.46. The summed E-state index contributed by atoms with van der Waals surface area (Å²) in [5.74, 6) is 0. The summed E-state index contributed by atoms with van der Waals surface area (Å²) in [7, 11) is -3.91. The number of aryl methyl sites for hydroxylation is 2. The summed E-state index contributed by atoms with van der Waals surface area (Å²) < 4.78 is 30.6. The van der Waals surface area contributed by atoms with Gasteiger partial charge < -0.3 is 4.42 Å². The zero-order chi connectivity index (χ0) is 15.2. The van der Waals surface area contributed by atoms with Crippen molar-refractivity contribution in [3.8, 4) is 0 Å². The molecule has 0 aliphatic rings. The third-order valence-electron chi connectivity index (χ3n) is 3.22. The lowest BCUT2D eigenvalue weighted by Gasteiger charge is -2.00. The minimum Gasteiger partial charge on any atom is -0.444 e. The van der Waals surface area contributed by atoms with Crippen LogP contribution in [0.1, 0.15) is 11.1 Å². The van der Waals surface area contributed by atoms with Crippen LogP contribution in [-0.2, 0) is 9.84 Å². The molecule has 1 aromatic carbocycles. The van der Waals surface area contributed by atoms with Crippen molar-refractivity contribution in [2.45, 2.75) is 24.0 Å². The van der Waals surface area contributed by atoms with Gasteiger partial charge in [0.15, 0.2) is 5.03 Å². The Kier molecular flexibility index (Phi) is 2.94. The number of aromatic nitrogens is 2. The Bertz CT molecular complexity index is 979. The molecule has 7 heteroatoms. The van der Waals surface area contributed by atoms with Crippen LogP contribution in [0.4, 0.5) is 0 Å². The molecular formula is C14H12N2O4S. The van der Waals surface area contributed by atoms with E-state index in [1.54, 1.807) is 13.0 Å². The molecular weight excluding hydrogens is 292 g/mol. The van der Waals surface area contributed by atoms with E-state index < -0.39 is 15.4 Å². The first-order valence-corrected chi connectivity index (χ1v) is 7.68. The Morgan fingerprint density at radius 1 is 1.14 bits per heavy atom. The summed E-state index contributed by atoms with van der Waals surface area (Å²) in [6, 6.07) is 7.72. The zero-order valence-corrected chi connectivity index (χ0v) is 12.2. The van der Waals surface area contributed by atoms with E-state index in [2.05, 4.69) is 10.2 Å². The SMILES string of the molecule is Cc1ccc2oc(S(=O)(=O)c3ccc(=O)[nH]n3)c(C)c2c1. The van der Waals surface area contributed by atoms with Gasteiger partial charge in [0.25, 0.3) is 15.4 Å². The number of nitrogens with zero attached hydrogens (tertiary/aromatic N) is 1. The molecule has 2 heterocycles. The lowest BCUT2D eigenvalue weighted by Crippen LogP contribution is -2.12. The molecule has 0 saturated heterocycles. The lowest BCUT2D eigenvalue weighted by molar-refractivity contribution is 0.475. The van der Waals surface area contributed by atoms with E-state index in [0.717, 1.165) is 23.1 Å². The molecule has 108 valence electrons. The van der Waals surface area contributed by atoms with Gasteiger partial charge in [0.2, 0.25) is 5.09 Å². The molecule has 0 fully saturated rings. The first-order chi connectivity index (χ1) is 9.89. The molecule has 0 unspecified atom stereocenters. The number of nitrogens with one attached hydrogen (secondary N) is 1. The van der Waals surface area contributed by atoms with E-state index in [1.165, 1.54) is 0 Å². The number of rotatable bonds is 2. The number of hydrogen-bond donors (Lipinski definition) is 1.